The van der Waals surface area contributed by atoms with E-state index in [2.05, 4.69) is 15.2 Å². The van der Waals surface area contributed by atoms with Crippen molar-refractivity contribution in [3.05, 3.63) is 65.9 Å². The van der Waals surface area contributed by atoms with Gasteiger partial charge in [0.2, 0.25) is 11.8 Å². The lowest BCUT2D eigenvalue weighted by Crippen LogP contribution is -2.55. The predicted octanol–water partition coefficient (Wildman–Crippen LogP) is 2.97. The van der Waals surface area contributed by atoms with Gasteiger partial charge in [0.25, 0.3) is 5.91 Å². The van der Waals surface area contributed by atoms with Crippen molar-refractivity contribution in [1.29, 1.82) is 0 Å². The molecule has 1 unspecified atom stereocenters. The number of hydrogen-bond acceptors (Lipinski definition) is 4. The van der Waals surface area contributed by atoms with Crippen LogP contribution in [0.1, 0.15) is 29.9 Å². The topological polar surface area (TPSA) is 88.8 Å². The van der Waals surface area contributed by atoms with E-state index >= 15 is 0 Å². The number of amides is 3. The number of rotatable bonds is 7. The Morgan fingerprint density at radius 3 is 2.43 bits per heavy atom. The average Bonchev–Trinajstić information content (AvgIpc) is 3.32. The van der Waals surface area contributed by atoms with Crippen LogP contribution in [0.5, 0.6) is 0 Å². The number of nitrogens with one attached hydrogen (secondary N) is 2. The summed E-state index contributed by atoms with van der Waals surface area (Å²) in [6, 6.07) is 17.0. The van der Waals surface area contributed by atoms with Crippen LogP contribution in [0.3, 0.4) is 0 Å². The van der Waals surface area contributed by atoms with Crippen molar-refractivity contribution >= 4 is 34.3 Å². The highest BCUT2D eigenvalue weighted by Crippen LogP contribution is 2.18. The Balaban J connectivity index is 1.28. The van der Waals surface area contributed by atoms with Crippen LogP contribution in [-0.2, 0) is 16.0 Å². The molecule has 1 atom stereocenters. The fourth-order valence-electron chi connectivity index (χ4n) is 4.58. The highest BCUT2D eigenvalue weighted by molar-refractivity contribution is 5.98. The Kier molecular flexibility index (Phi) is 7.51. The van der Waals surface area contributed by atoms with Gasteiger partial charge in [0.15, 0.2) is 0 Å². The van der Waals surface area contributed by atoms with Crippen LogP contribution in [-0.4, -0.2) is 83.2 Å². The van der Waals surface area contributed by atoms with Crippen molar-refractivity contribution < 1.29 is 14.4 Å². The van der Waals surface area contributed by atoms with E-state index in [0.717, 1.165) is 28.6 Å². The first-order valence-electron chi connectivity index (χ1n) is 12.1. The van der Waals surface area contributed by atoms with Crippen molar-refractivity contribution in [2.24, 2.45) is 0 Å². The van der Waals surface area contributed by atoms with Crippen LogP contribution in [0.25, 0.3) is 10.9 Å². The van der Waals surface area contributed by atoms with Gasteiger partial charge >= 0.3 is 0 Å². The first-order chi connectivity index (χ1) is 16.9. The molecule has 8 nitrogen and oxygen atoms in total. The van der Waals surface area contributed by atoms with Crippen LogP contribution >= 0.6 is 0 Å². The van der Waals surface area contributed by atoms with Crippen molar-refractivity contribution in [3.63, 3.8) is 0 Å². The summed E-state index contributed by atoms with van der Waals surface area (Å²) in [6.45, 7) is 6.17. The number of benzene rings is 2. The maximum absolute atomic E-state index is 13.0. The van der Waals surface area contributed by atoms with Crippen LogP contribution < -0.4 is 5.32 Å². The van der Waals surface area contributed by atoms with E-state index in [4.69, 9.17) is 0 Å². The third-order valence-electron chi connectivity index (χ3n) is 6.70. The molecule has 2 heterocycles. The molecule has 8 heteroatoms. The molecule has 1 saturated heterocycles. The van der Waals surface area contributed by atoms with E-state index < -0.39 is 0 Å². The quantitative estimate of drug-likeness (QED) is 0.550. The molecule has 35 heavy (non-hydrogen) atoms. The minimum Gasteiger partial charge on any atom is -0.351 e. The molecule has 4 rings (SSSR count). The van der Waals surface area contributed by atoms with E-state index in [1.54, 1.807) is 7.05 Å². The molecule has 1 aliphatic heterocycles. The van der Waals surface area contributed by atoms with Gasteiger partial charge in [-0.2, -0.15) is 0 Å². The summed E-state index contributed by atoms with van der Waals surface area (Å²) < 4.78 is 0. The van der Waals surface area contributed by atoms with Crippen LogP contribution in [0.4, 0.5) is 5.69 Å². The Bertz CT molecular complexity index is 1180. The van der Waals surface area contributed by atoms with Crippen molar-refractivity contribution in [1.82, 2.24) is 19.7 Å². The number of carbonyl (C=O) groups excluding carboxylic acids is 3. The summed E-state index contributed by atoms with van der Waals surface area (Å²) >= 11 is 0. The lowest BCUT2D eigenvalue weighted by atomic mass is 10.1. The number of aromatic amines is 1. The van der Waals surface area contributed by atoms with Gasteiger partial charge in [-0.1, -0.05) is 43.3 Å². The highest BCUT2D eigenvalue weighted by Gasteiger charge is 2.30. The van der Waals surface area contributed by atoms with E-state index in [1.165, 1.54) is 4.90 Å². The predicted molar refractivity (Wildman–Crippen MR) is 137 cm³/mol. The second-order valence-electron chi connectivity index (χ2n) is 9.03. The van der Waals surface area contributed by atoms with E-state index in [9.17, 15) is 14.4 Å². The number of aryl methyl sites for hydroxylation is 1. The minimum absolute atomic E-state index is 0.0138. The minimum atomic E-state index is -0.374. The van der Waals surface area contributed by atoms with Gasteiger partial charge in [-0.3, -0.25) is 19.3 Å². The molecule has 2 aromatic carbocycles. The molecule has 1 aromatic heterocycles. The lowest BCUT2D eigenvalue weighted by Gasteiger charge is -2.38. The fourth-order valence-corrected chi connectivity index (χ4v) is 4.58. The smallest absolute Gasteiger partial charge is 0.270 e. The largest absolute Gasteiger partial charge is 0.351 e. The van der Waals surface area contributed by atoms with Gasteiger partial charge in [0.1, 0.15) is 5.69 Å². The molecule has 0 aliphatic carbocycles. The van der Waals surface area contributed by atoms with Gasteiger partial charge in [-0.25, -0.2) is 0 Å². The summed E-state index contributed by atoms with van der Waals surface area (Å²) in [6.07, 6.45) is 0.816. The normalized spacial score (nSPS) is 15.1. The number of likely N-dealkylation sites (N-methyl/N-ethyl adjacent to an activating group) is 1. The molecule has 0 saturated carbocycles. The Labute approximate surface area is 205 Å². The summed E-state index contributed by atoms with van der Waals surface area (Å²) in [5.74, 6) is -0.358. The molecule has 1 aliphatic rings. The van der Waals surface area contributed by atoms with E-state index in [-0.39, 0.29) is 30.3 Å². The molecule has 0 spiro atoms. The van der Waals surface area contributed by atoms with Crippen molar-refractivity contribution in [2.75, 3.05) is 45.1 Å². The third-order valence-corrected chi connectivity index (χ3v) is 6.70. The number of para-hydroxylation sites is 2. The fraction of sp³-hybridized carbons (Fsp3) is 0.370. The van der Waals surface area contributed by atoms with Crippen molar-refractivity contribution in [3.8, 4) is 0 Å². The van der Waals surface area contributed by atoms with E-state index in [0.29, 0.717) is 31.9 Å². The summed E-state index contributed by atoms with van der Waals surface area (Å²) in [5.41, 5.74) is 3.37. The maximum atomic E-state index is 13.0. The van der Waals surface area contributed by atoms with E-state index in [1.807, 2.05) is 73.3 Å². The second-order valence-corrected chi connectivity index (χ2v) is 9.03. The molecule has 1 fully saturated rings. The lowest BCUT2D eigenvalue weighted by molar-refractivity contribution is -0.138. The van der Waals surface area contributed by atoms with Gasteiger partial charge in [-0.05, 0) is 37.1 Å². The number of hydrogen-bond donors (Lipinski definition) is 2. The van der Waals surface area contributed by atoms with Gasteiger partial charge in [0.05, 0.1) is 12.6 Å². The van der Waals surface area contributed by atoms with Crippen LogP contribution in [0.2, 0.25) is 0 Å². The molecule has 0 radical (unpaired) electrons. The third kappa shape index (κ3) is 5.54. The monoisotopic (exact) mass is 475 g/mol. The Hall–Kier alpha value is -3.65. The number of nitrogens with zero attached hydrogens (tertiary/aromatic N) is 3. The van der Waals surface area contributed by atoms with Crippen LogP contribution in [0.15, 0.2) is 54.6 Å². The second kappa shape index (κ2) is 10.7. The number of fused-ring (bicyclic) bond motifs is 1. The SMILES string of the molecule is CCc1ccccc1NC(=O)CN(C)C(=O)C(C)N1CCN(C(=O)c2cc3ccccc3[nH]2)CC1. The molecule has 3 aromatic rings. The zero-order valence-electron chi connectivity index (χ0n) is 20.6. The standard InChI is InChI=1S/C27H33N5O3/c1-4-20-9-5-7-11-22(20)29-25(33)18-30(3)26(34)19(2)31-13-15-32(16-14-31)27(35)24-17-21-10-6-8-12-23(21)28-24/h5-12,17,19,28H,4,13-16,18H2,1-3H3,(H,29,33). The summed E-state index contributed by atoms with van der Waals surface area (Å²) in [7, 11) is 1.65. The number of piperazine rings is 1. The Morgan fingerprint density at radius 1 is 1.03 bits per heavy atom. The summed E-state index contributed by atoms with van der Waals surface area (Å²) in [5, 5.41) is 3.93. The van der Waals surface area contributed by atoms with Gasteiger partial charge in [-0.15, -0.1) is 0 Å². The zero-order valence-corrected chi connectivity index (χ0v) is 20.6. The number of aromatic nitrogens is 1. The maximum Gasteiger partial charge on any atom is 0.270 e. The van der Waals surface area contributed by atoms with Gasteiger partial charge < -0.3 is 20.1 Å². The first-order valence-corrected chi connectivity index (χ1v) is 12.1. The first kappa shape index (κ1) is 24.5. The summed E-state index contributed by atoms with van der Waals surface area (Å²) in [4.78, 5) is 47.1. The Morgan fingerprint density at radius 2 is 1.71 bits per heavy atom. The number of H-pyrrole nitrogens is 1. The molecule has 3 amide bonds. The molecule has 184 valence electrons. The average molecular weight is 476 g/mol. The molecule has 2 N–H and O–H groups in total. The number of anilines is 1. The molecule has 0 bridgehead atoms. The molecular formula is C27H33N5O3. The highest BCUT2D eigenvalue weighted by atomic mass is 16.2. The zero-order chi connectivity index (χ0) is 24.9. The van der Waals surface area contributed by atoms with Crippen molar-refractivity contribution in [2.45, 2.75) is 26.3 Å². The number of carbonyl (C=O) groups is 3. The molecular weight excluding hydrogens is 442 g/mol. The van der Waals surface area contributed by atoms with Crippen LogP contribution in [0, 0.1) is 0 Å². The van der Waals surface area contributed by atoms with Gasteiger partial charge in [0, 0.05) is 49.8 Å².